The lowest BCUT2D eigenvalue weighted by atomic mass is 9.79. The molecule has 0 aromatic carbocycles. The van der Waals surface area contributed by atoms with E-state index in [4.69, 9.17) is 9.47 Å². The Kier molecular flexibility index (Phi) is 3.09. The van der Waals surface area contributed by atoms with Crippen LogP contribution in [0.1, 0.15) is 19.8 Å². The molecule has 3 heterocycles. The summed E-state index contributed by atoms with van der Waals surface area (Å²) in [7, 11) is 0. The van der Waals surface area contributed by atoms with E-state index in [1.54, 1.807) is 0 Å². The van der Waals surface area contributed by atoms with Gasteiger partial charge in [-0.25, -0.2) is 0 Å². The number of ketones is 1. The Labute approximate surface area is 106 Å². The van der Waals surface area contributed by atoms with E-state index in [0.717, 1.165) is 12.8 Å². The molecule has 3 rings (SSSR count). The Morgan fingerprint density at radius 1 is 1.22 bits per heavy atom. The van der Waals surface area contributed by atoms with Crippen LogP contribution in [-0.2, 0) is 14.3 Å². The van der Waals surface area contributed by atoms with Gasteiger partial charge in [-0.2, -0.15) is 0 Å². The fourth-order valence-corrected chi connectivity index (χ4v) is 3.25. The summed E-state index contributed by atoms with van der Waals surface area (Å²) in [6.07, 6.45) is 7.44. The van der Waals surface area contributed by atoms with Crippen molar-refractivity contribution >= 4 is 5.78 Å². The van der Waals surface area contributed by atoms with Gasteiger partial charge in [-0.1, -0.05) is 19.1 Å². The van der Waals surface area contributed by atoms with E-state index in [2.05, 4.69) is 19.1 Å². The number of aliphatic hydroxyl groups excluding tert-OH is 1. The summed E-state index contributed by atoms with van der Waals surface area (Å²) in [5, 5.41) is 9.52. The van der Waals surface area contributed by atoms with Crippen LogP contribution in [0.15, 0.2) is 24.3 Å². The van der Waals surface area contributed by atoms with Gasteiger partial charge in [-0.05, 0) is 30.9 Å². The fraction of sp³-hybridized carbons (Fsp3) is 0.643. The Hall–Kier alpha value is -0.970. The molecular weight excluding hydrogens is 232 g/mol. The maximum atomic E-state index is 12.0. The number of ether oxygens (including phenoxy) is 2. The predicted octanol–water partition coefficient (Wildman–Crippen LogP) is 1.20. The number of carbonyl (C=O) groups excluding carboxylic acids is 1. The first-order valence-electron chi connectivity index (χ1n) is 6.53. The van der Waals surface area contributed by atoms with Crippen molar-refractivity contribution in [3.8, 4) is 0 Å². The van der Waals surface area contributed by atoms with Gasteiger partial charge in [-0.15, -0.1) is 0 Å². The van der Waals surface area contributed by atoms with E-state index in [1.165, 1.54) is 12.2 Å². The summed E-state index contributed by atoms with van der Waals surface area (Å²) in [6.45, 7) is 2.11. The van der Waals surface area contributed by atoms with Gasteiger partial charge in [0.15, 0.2) is 12.1 Å². The molecule has 0 aromatic rings. The maximum absolute atomic E-state index is 12.0. The molecule has 4 nitrogen and oxygen atoms in total. The van der Waals surface area contributed by atoms with Crippen LogP contribution in [0.2, 0.25) is 0 Å². The average molecular weight is 250 g/mol. The lowest BCUT2D eigenvalue weighted by Crippen LogP contribution is -2.43. The van der Waals surface area contributed by atoms with Gasteiger partial charge in [0, 0.05) is 5.92 Å². The van der Waals surface area contributed by atoms with Crippen LogP contribution >= 0.6 is 0 Å². The highest BCUT2D eigenvalue weighted by atomic mass is 16.6. The third kappa shape index (κ3) is 1.94. The maximum Gasteiger partial charge on any atom is 0.184 e. The van der Waals surface area contributed by atoms with Crippen molar-refractivity contribution in [1.29, 1.82) is 0 Å². The molecule has 6 atom stereocenters. The van der Waals surface area contributed by atoms with Gasteiger partial charge < -0.3 is 14.6 Å². The molecule has 1 unspecified atom stereocenters. The fourth-order valence-electron chi connectivity index (χ4n) is 3.25. The molecule has 0 radical (unpaired) electrons. The zero-order chi connectivity index (χ0) is 12.7. The second kappa shape index (κ2) is 4.61. The standard InChI is InChI=1S/C14H18O4/c1-8-10-4-2-3-5-11(17-10)13(8)14-9(15)6-7-12(16)18-14/h2-3,6-8,10-14,16H,4-5H2,1H3/t8-,10-,11+,12?,13-,14-/m0/s1. The molecule has 3 aliphatic rings. The van der Waals surface area contributed by atoms with E-state index in [-0.39, 0.29) is 29.8 Å². The Bertz CT molecular complexity index is 401. The van der Waals surface area contributed by atoms with Crippen LogP contribution in [0.4, 0.5) is 0 Å². The van der Waals surface area contributed by atoms with Crippen molar-refractivity contribution in [2.75, 3.05) is 0 Å². The number of fused-ring (bicyclic) bond motifs is 2. The number of aliphatic hydroxyl groups is 1. The lowest BCUT2D eigenvalue weighted by molar-refractivity contribution is -0.161. The molecule has 0 aliphatic carbocycles. The smallest absolute Gasteiger partial charge is 0.184 e. The number of hydrogen-bond donors (Lipinski definition) is 1. The molecule has 0 saturated carbocycles. The zero-order valence-electron chi connectivity index (χ0n) is 10.4. The van der Waals surface area contributed by atoms with E-state index < -0.39 is 12.4 Å². The minimum atomic E-state index is -0.974. The van der Waals surface area contributed by atoms with Crippen molar-refractivity contribution in [3.63, 3.8) is 0 Å². The van der Waals surface area contributed by atoms with Crippen molar-refractivity contribution < 1.29 is 19.4 Å². The molecule has 18 heavy (non-hydrogen) atoms. The van der Waals surface area contributed by atoms with Gasteiger partial charge in [0.2, 0.25) is 0 Å². The normalized spacial score (nSPS) is 47.3. The van der Waals surface area contributed by atoms with Gasteiger partial charge >= 0.3 is 0 Å². The summed E-state index contributed by atoms with van der Waals surface area (Å²) < 4.78 is 11.4. The van der Waals surface area contributed by atoms with Gasteiger partial charge in [0.05, 0.1) is 12.2 Å². The van der Waals surface area contributed by atoms with Crippen molar-refractivity contribution in [1.82, 2.24) is 0 Å². The molecule has 0 amide bonds. The van der Waals surface area contributed by atoms with Gasteiger partial charge in [0.25, 0.3) is 0 Å². The largest absolute Gasteiger partial charge is 0.374 e. The van der Waals surface area contributed by atoms with E-state index in [0.29, 0.717) is 0 Å². The second-order valence-electron chi connectivity index (χ2n) is 5.30. The van der Waals surface area contributed by atoms with Gasteiger partial charge in [-0.3, -0.25) is 4.79 Å². The first-order valence-corrected chi connectivity index (χ1v) is 6.53. The highest BCUT2D eigenvalue weighted by molar-refractivity contribution is 5.94. The third-order valence-electron chi connectivity index (χ3n) is 4.22. The Morgan fingerprint density at radius 3 is 2.72 bits per heavy atom. The van der Waals surface area contributed by atoms with Gasteiger partial charge in [0.1, 0.15) is 6.10 Å². The Morgan fingerprint density at radius 2 is 1.94 bits per heavy atom. The lowest BCUT2D eigenvalue weighted by Gasteiger charge is -2.31. The molecule has 1 fully saturated rings. The molecule has 1 saturated heterocycles. The summed E-state index contributed by atoms with van der Waals surface area (Å²) in [5.41, 5.74) is 0. The van der Waals surface area contributed by atoms with E-state index >= 15 is 0 Å². The van der Waals surface area contributed by atoms with Crippen LogP contribution in [0.25, 0.3) is 0 Å². The molecule has 1 N–H and O–H groups in total. The number of hydrogen-bond acceptors (Lipinski definition) is 4. The highest BCUT2D eigenvalue weighted by Gasteiger charge is 2.48. The molecule has 4 heteroatoms. The quantitative estimate of drug-likeness (QED) is 0.710. The van der Waals surface area contributed by atoms with Crippen molar-refractivity contribution in [2.24, 2.45) is 11.8 Å². The van der Waals surface area contributed by atoms with Crippen LogP contribution in [0.5, 0.6) is 0 Å². The van der Waals surface area contributed by atoms with E-state index in [9.17, 15) is 9.90 Å². The van der Waals surface area contributed by atoms with Crippen LogP contribution in [0.3, 0.4) is 0 Å². The summed E-state index contributed by atoms with van der Waals surface area (Å²) >= 11 is 0. The third-order valence-corrected chi connectivity index (χ3v) is 4.22. The predicted molar refractivity (Wildman–Crippen MR) is 64.7 cm³/mol. The molecule has 2 bridgehead atoms. The van der Waals surface area contributed by atoms with Crippen LogP contribution < -0.4 is 0 Å². The monoisotopic (exact) mass is 250 g/mol. The highest BCUT2D eigenvalue weighted by Crippen LogP contribution is 2.41. The topological polar surface area (TPSA) is 55.8 Å². The summed E-state index contributed by atoms with van der Waals surface area (Å²) in [6, 6.07) is 0. The first kappa shape index (κ1) is 12.1. The molecular formula is C14H18O4. The molecule has 3 aliphatic heterocycles. The number of rotatable bonds is 1. The second-order valence-corrected chi connectivity index (χ2v) is 5.30. The summed E-state index contributed by atoms with van der Waals surface area (Å²) in [5.74, 6) is 0.246. The number of carbonyl (C=O) groups is 1. The van der Waals surface area contributed by atoms with Crippen LogP contribution in [0, 0.1) is 11.8 Å². The molecule has 0 spiro atoms. The molecule has 0 aromatic heterocycles. The van der Waals surface area contributed by atoms with Crippen molar-refractivity contribution in [2.45, 2.75) is 44.4 Å². The average Bonchev–Trinajstić information content (AvgIpc) is 2.54. The van der Waals surface area contributed by atoms with Crippen LogP contribution in [-0.4, -0.2) is 35.5 Å². The Balaban J connectivity index is 1.85. The first-order chi connectivity index (χ1) is 8.66. The van der Waals surface area contributed by atoms with E-state index in [1.807, 2.05) is 0 Å². The SMILES string of the molecule is C[C@@H]1[C@H]([C@H]2OC(O)C=CC2=O)[C@H]2CC=CC[C@@H]1O2. The minimum absolute atomic E-state index is 0.0244. The summed E-state index contributed by atoms with van der Waals surface area (Å²) in [4.78, 5) is 12.0. The minimum Gasteiger partial charge on any atom is -0.374 e. The zero-order valence-corrected chi connectivity index (χ0v) is 10.4. The van der Waals surface area contributed by atoms with Crippen molar-refractivity contribution in [3.05, 3.63) is 24.3 Å². The molecule has 98 valence electrons.